The van der Waals surface area contributed by atoms with Gasteiger partial charge in [-0.2, -0.15) is 0 Å². The topological polar surface area (TPSA) is 21.3 Å². The van der Waals surface area contributed by atoms with Crippen molar-refractivity contribution in [2.24, 2.45) is 0 Å². The highest BCUT2D eigenvalue weighted by molar-refractivity contribution is 5.32. The van der Waals surface area contributed by atoms with Gasteiger partial charge in [0, 0.05) is 6.04 Å². The molecule has 3 heteroatoms. The minimum Gasteiger partial charge on any atom is -0.494 e. The Hall–Kier alpha value is -1.87. The van der Waals surface area contributed by atoms with E-state index in [1.165, 1.54) is 17.7 Å². The average Bonchev–Trinajstić information content (AvgIpc) is 2.52. The summed E-state index contributed by atoms with van der Waals surface area (Å²) in [5.41, 5.74) is 2.28. The Kier molecular flexibility index (Phi) is 5.76. The molecule has 0 radical (unpaired) electrons. The summed E-state index contributed by atoms with van der Waals surface area (Å²) in [6.07, 6.45) is 1.81. The Morgan fingerprint density at radius 1 is 1.14 bits per heavy atom. The van der Waals surface area contributed by atoms with Gasteiger partial charge in [0.05, 0.1) is 6.61 Å². The zero-order chi connectivity index (χ0) is 15.1. The number of nitrogens with one attached hydrogen (secondary N) is 1. The number of hydrogen-bond acceptors (Lipinski definition) is 2. The van der Waals surface area contributed by atoms with Gasteiger partial charge in [0.2, 0.25) is 0 Å². The molecule has 0 spiro atoms. The zero-order valence-electron chi connectivity index (χ0n) is 12.6. The fraction of sp³-hybridized carbons (Fsp3) is 0.333. The van der Waals surface area contributed by atoms with Gasteiger partial charge in [-0.25, -0.2) is 4.39 Å². The van der Waals surface area contributed by atoms with E-state index in [0.29, 0.717) is 0 Å². The first-order valence-corrected chi connectivity index (χ1v) is 7.37. The lowest BCUT2D eigenvalue weighted by atomic mass is 9.99. The van der Waals surface area contributed by atoms with Gasteiger partial charge in [0.25, 0.3) is 0 Å². The Morgan fingerprint density at radius 2 is 1.90 bits per heavy atom. The van der Waals surface area contributed by atoms with Crippen LogP contribution in [0.2, 0.25) is 0 Å². The Bertz CT molecular complexity index is 553. The smallest absolute Gasteiger partial charge is 0.123 e. The van der Waals surface area contributed by atoms with E-state index >= 15 is 0 Å². The van der Waals surface area contributed by atoms with Gasteiger partial charge in [-0.05, 0) is 55.3 Å². The molecule has 0 bridgehead atoms. The summed E-state index contributed by atoms with van der Waals surface area (Å²) in [7, 11) is 1.94. The number of halogens is 1. The van der Waals surface area contributed by atoms with Crippen LogP contribution in [-0.4, -0.2) is 13.7 Å². The van der Waals surface area contributed by atoms with E-state index in [2.05, 4.69) is 24.4 Å². The maximum atomic E-state index is 13.0. The summed E-state index contributed by atoms with van der Waals surface area (Å²) in [6.45, 7) is 2.82. The molecular formula is C18H22FNO. The molecular weight excluding hydrogens is 265 g/mol. The van der Waals surface area contributed by atoms with Gasteiger partial charge < -0.3 is 10.1 Å². The lowest BCUT2D eigenvalue weighted by Gasteiger charge is -2.18. The molecule has 2 aromatic carbocycles. The van der Waals surface area contributed by atoms with Gasteiger partial charge in [0.1, 0.15) is 11.6 Å². The lowest BCUT2D eigenvalue weighted by Crippen LogP contribution is -2.18. The molecule has 0 aliphatic heterocycles. The van der Waals surface area contributed by atoms with Crippen LogP contribution in [0.3, 0.4) is 0 Å². The van der Waals surface area contributed by atoms with Crippen LogP contribution >= 0.6 is 0 Å². The van der Waals surface area contributed by atoms with Crippen LogP contribution in [0.5, 0.6) is 5.75 Å². The van der Waals surface area contributed by atoms with Crippen LogP contribution in [0, 0.1) is 5.82 Å². The second kappa shape index (κ2) is 7.79. The molecule has 0 amide bonds. The van der Waals surface area contributed by atoms with Crippen LogP contribution < -0.4 is 10.1 Å². The Balaban J connectivity index is 2.11. The fourth-order valence-electron chi connectivity index (χ4n) is 2.28. The molecule has 1 unspecified atom stereocenters. The van der Waals surface area contributed by atoms with E-state index in [4.69, 9.17) is 4.74 Å². The molecule has 2 aromatic rings. The molecule has 1 N–H and O–H groups in total. The molecule has 2 nitrogen and oxygen atoms in total. The Labute approximate surface area is 126 Å². The molecule has 0 fully saturated rings. The number of rotatable bonds is 7. The summed E-state index contributed by atoms with van der Waals surface area (Å²) >= 11 is 0. The maximum Gasteiger partial charge on any atom is 0.123 e. The van der Waals surface area contributed by atoms with E-state index in [-0.39, 0.29) is 11.9 Å². The van der Waals surface area contributed by atoms with Crippen molar-refractivity contribution in [1.29, 1.82) is 0 Å². The van der Waals surface area contributed by atoms with E-state index < -0.39 is 0 Å². The van der Waals surface area contributed by atoms with Gasteiger partial charge in [0.15, 0.2) is 0 Å². The summed E-state index contributed by atoms with van der Waals surface area (Å²) in [4.78, 5) is 0. The first kappa shape index (κ1) is 15.5. The average molecular weight is 287 g/mol. The summed E-state index contributed by atoms with van der Waals surface area (Å²) in [5.74, 6) is 0.698. The van der Waals surface area contributed by atoms with Gasteiger partial charge >= 0.3 is 0 Å². The predicted octanol–water partition coefficient (Wildman–Crippen LogP) is 4.12. The Morgan fingerprint density at radius 3 is 2.57 bits per heavy atom. The lowest BCUT2D eigenvalue weighted by molar-refractivity contribution is 0.317. The molecule has 21 heavy (non-hydrogen) atoms. The fourth-order valence-corrected chi connectivity index (χ4v) is 2.28. The third kappa shape index (κ3) is 4.57. The maximum absolute atomic E-state index is 13.0. The predicted molar refractivity (Wildman–Crippen MR) is 84.1 cm³/mol. The van der Waals surface area contributed by atoms with Gasteiger partial charge in [-0.1, -0.05) is 31.2 Å². The molecule has 1 atom stereocenters. The van der Waals surface area contributed by atoms with Crippen molar-refractivity contribution < 1.29 is 9.13 Å². The van der Waals surface area contributed by atoms with Crippen molar-refractivity contribution in [2.45, 2.75) is 25.8 Å². The van der Waals surface area contributed by atoms with Crippen molar-refractivity contribution in [2.75, 3.05) is 13.7 Å². The largest absolute Gasteiger partial charge is 0.494 e. The quantitative estimate of drug-likeness (QED) is 0.827. The molecule has 0 saturated carbocycles. The van der Waals surface area contributed by atoms with Crippen LogP contribution in [0.4, 0.5) is 4.39 Å². The molecule has 112 valence electrons. The van der Waals surface area contributed by atoms with Crippen molar-refractivity contribution in [3.63, 3.8) is 0 Å². The number of likely N-dealkylation sites (N-methyl/N-ethyl adjacent to an activating group) is 1. The first-order chi connectivity index (χ1) is 10.2. The number of hydrogen-bond donors (Lipinski definition) is 1. The summed E-state index contributed by atoms with van der Waals surface area (Å²) in [6, 6.07) is 15.0. The summed E-state index contributed by atoms with van der Waals surface area (Å²) < 4.78 is 18.6. The SMILES string of the molecule is CCCOc1cccc(C(Cc2ccc(F)cc2)NC)c1. The van der Waals surface area contributed by atoms with E-state index in [0.717, 1.165) is 30.8 Å². The van der Waals surface area contributed by atoms with Crippen LogP contribution in [0.15, 0.2) is 48.5 Å². The minimum absolute atomic E-state index is 0.181. The molecule has 2 rings (SSSR count). The van der Waals surface area contributed by atoms with E-state index in [1.54, 1.807) is 0 Å². The van der Waals surface area contributed by atoms with Gasteiger partial charge in [-0.3, -0.25) is 0 Å². The highest BCUT2D eigenvalue weighted by Crippen LogP contribution is 2.22. The van der Waals surface area contributed by atoms with Crippen molar-refractivity contribution in [3.05, 3.63) is 65.5 Å². The molecule has 0 aliphatic rings. The van der Waals surface area contributed by atoms with Crippen molar-refractivity contribution in [1.82, 2.24) is 5.32 Å². The second-order valence-electron chi connectivity index (χ2n) is 5.09. The summed E-state index contributed by atoms with van der Waals surface area (Å²) in [5, 5.41) is 3.32. The highest BCUT2D eigenvalue weighted by Gasteiger charge is 2.11. The number of benzene rings is 2. The molecule has 0 saturated heterocycles. The van der Waals surface area contributed by atoms with Crippen LogP contribution in [-0.2, 0) is 6.42 Å². The third-order valence-corrected chi connectivity index (χ3v) is 3.43. The van der Waals surface area contributed by atoms with Crippen molar-refractivity contribution in [3.8, 4) is 5.75 Å². The van der Waals surface area contributed by atoms with Crippen LogP contribution in [0.25, 0.3) is 0 Å². The number of ether oxygens (including phenoxy) is 1. The van der Waals surface area contributed by atoms with E-state index in [9.17, 15) is 4.39 Å². The zero-order valence-corrected chi connectivity index (χ0v) is 12.6. The standard InChI is InChI=1S/C18H22FNO/c1-3-11-21-17-6-4-5-15(13-17)18(20-2)12-14-7-9-16(19)10-8-14/h4-10,13,18,20H,3,11-12H2,1-2H3. The third-order valence-electron chi connectivity index (χ3n) is 3.43. The van der Waals surface area contributed by atoms with Crippen LogP contribution in [0.1, 0.15) is 30.5 Å². The van der Waals surface area contributed by atoms with Crippen molar-refractivity contribution >= 4 is 0 Å². The molecule has 0 heterocycles. The normalized spacial score (nSPS) is 12.1. The molecule has 0 aromatic heterocycles. The first-order valence-electron chi connectivity index (χ1n) is 7.37. The monoisotopic (exact) mass is 287 g/mol. The highest BCUT2D eigenvalue weighted by atomic mass is 19.1. The van der Waals surface area contributed by atoms with Gasteiger partial charge in [-0.15, -0.1) is 0 Å². The molecule has 0 aliphatic carbocycles. The minimum atomic E-state index is -0.199. The second-order valence-corrected chi connectivity index (χ2v) is 5.09. The van der Waals surface area contributed by atoms with E-state index in [1.807, 2.05) is 31.3 Å².